The van der Waals surface area contributed by atoms with E-state index in [0.717, 1.165) is 38.5 Å². The van der Waals surface area contributed by atoms with Crippen molar-refractivity contribution in [1.29, 1.82) is 0 Å². The lowest BCUT2D eigenvalue weighted by molar-refractivity contribution is -0.162. The minimum atomic E-state index is -0.960. The van der Waals surface area contributed by atoms with Gasteiger partial charge in [-0.15, -0.1) is 0 Å². The minimum absolute atomic E-state index is 0.00876. The first-order chi connectivity index (χ1) is 13.3. The van der Waals surface area contributed by atoms with E-state index in [1.165, 1.54) is 5.57 Å². The summed E-state index contributed by atoms with van der Waals surface area (Å²) >= 11 is 0. The van der Waals surface area contributed by atoms with Crippen LogP contribution in [0, 0.1) is 35.0 Å². The van der Waals surface area contributed by atoms with Crippen LogP contribution in [0.1, 0.15) is 71.6 Å². The molecule has 0 aromatic heterocycles. The highest BCUT2D eigenvalue weighted by molar-refractivity contribution is 5.91. The van der Waals surface area contributed by atoms with E-state index in [0.29, 0.717) is 41.8 Å². The topological polar surface area (TPSA) is 80.7 Å². The van der Waals surface area contributed by atoms with Gasteiger partial charge in [0, 0.05) is 11.8 Å². The van der Waals surface area contributed by atoms with E-state index in [-0.39, 0.29) is 30.3 Å². The molecule has 7 atom stereocenters. The highest BCUT2D eigenvalue weighted by Gasteiger charge is 2.59. The van der Waals surface area contributed by atoms with Gasteiger partial charge < -0.3 is 9.84 Å². The molecule has 0 heterocycles. The highest BCUT2D eigenvalue weighted by atomic mass is 16.5. The molecule has 1 N–H and O–H groups in total. The molecule has 154 valence electrons. The molecule has 5 nitrogen and oxygen atoms in total. The predicted molar refractivity (Wildman–Crippen MR) is 103 cm³/mol. The van der Waals surface area contributed by atoms with Crippen LogP contribution in [0.5, 0.6) is 0 Å². The lowest BCUT2D eigenvalue weighted by Crippen LogP contribution is -2.51. The van der Waals surface area contributed by atoms with Crippen molar-refractivity contribution in [3.8, 4) is 0 Å². The van der Waals surface area contributed by atoms with E-state index < -0.39 is 5.97 Å². The zero-order valence-electron chi connectivity index (χ0n) is 17.0. The van der Waals surface area contributed by atoms with Crippen LogP contribution in [0.4, 0.5) is 0 Å². The molecule has 3 fully saturated rings. The molecule has 4 aliphatic carbocycles. The molecule has 4 aliphatic rings. The molecule has 4 unspecified atom stereocenters. The first kappa shape index (κ1) is 19.7. The summed E-state index contributed by atoms with van der Waals surface area (Å²) in [6, 6.07) is 0. The lowest BCUT2D eigenvalue weighted by Gasteiger charge is -2.56. The average Bonchev–Trinajstić information content (AvgIpc) is 2.95. The molecule has 0 aliphatic heterocycles. The van der Waals surface area contributed by atoms with Crippen LogP contribution in [0.3, 0.4) is 0 Å². The van der Waals surface area contributed by atoms with Crippen molar-refractivity contribution in [3.05, 3.63) is 11.6 Å². The number of carboxylic acids is 1. The quantitative estimate of drug-likeness (QED) is 0.732. The number of carboxylic acid groups (broad SMARTS) is 1. The van der Waals surface area contributed by atoms with Gasteiger partial charge in [-0.3, -0.25) is 14.4 Å². The van der Waals surface area contributed by atoms with Crippen molar-refractivity contribution in [2.75, 3.05) is 0 Å². The number of carbonyl (C=O) groups is 3. The largest absolute Gasteiger partial charge is 0.481 e. The highest BCUT2D eigenvalue weighted by Crippen LogP contribution is 2.63. The Morgan fingerprint density at radius 2 is 1.96 bits per heavy atom. The second kappa shape index (κ2) is 7.31. The molecular formula is C23H32O5. The summed E-state index contributed by atoms with van der Waals surface area (Å²) < 4.78 is 5.82. The second-order valence-electron chi connectivity index (χ2n) is 9.85. The van der Waals surface area contributed by atoms with Crippen LogP contribution in [-0.4, -0.2) is 28.9 Å². The van der Waals surface area contributed by atoms with E-state index in [1.54, 1.807) is 0 Å². The molecular weight excluding hydrogens is 356 g/mol. The zero-order chi connectivity index (χ0) is 20.1. The van der Waals surface area contributed by atoms with Gasteiger partial charge in [0.1, 0.15) is 6.10 Å². The molecule has 0 bridgehead atoms. The Bertz CT molecular complexity index is 710. The molecule has 5 heteroatoms. The molecule has 3 saturated carbocycles. The van der Waals surface area contributed by atoms with Crippen LogP contribution >= 0.6 is 0 Å². The van der Waals surface area contributed by atoms with Gasteiger partial charge in [-0.1, -0.05) is 19.4 Å². The average molecular weight is 389 g/mol. The molecule has 0 radical (unpaired) electrons. The van der Waals surface area contributed by atoms with Crippen molar-refractivity contribution in [1.82, 2.24) is 0 Å². The van der Waals surface area contributed by atoms with E-state index in [4.69, 9.17) is 9.84 Å². The van der Waals surface area contributed by atoms with Crippen LogP contribution < -0.4 is 0 Å². The number of hydrogen-bond donors (Lipinski definition) is 1. The van der Waals surface area contributed by atoms with Gasteiger partial charge in [-0.2, -0.15) is 0 Å². The first-order valence-electron chi connectivity index (χ1n) is 10.9. The van der Waals surface area contributed by atoms with Crippen molar-refractivity contribution >= 4 is 17.7 Å². The van der Waals surface area contributed by atoms with E-state index in [9.17, 15) is 14.4 Å². The molecule has 4 rings (SSSR count). The van der Waals surface area contributed by atoms with Gasteiger partial charge in [0.2, 0.25) is 0 Å². The maximum atomic E-state index is 12.2. The number of ketones is 1. The minimum Gasteiger partial charge on any atom is -0.481 e. The van der Waals surface area contributed by atoms with Crippen molar-refractivity contribution < 1.29 is 24.2 Å². The summed E-state index contributed by atoms with van der Waals surface area (Å²) in [5.41, 5.74) is 1.38. The van der Waals surface area contributed by atoms with Crippen LogP contribution in [-0.2, 0) is 19.1 Å². The Balaban J connectivity index is 1.50. The monoisotopic (exact) mass is 388 g/mol. The van der Waals surface area contributed by atoms with Gasteiger partial charge in [0.15, 0.2) is 5.78 Å². The number of fused-ring (bicyclic) bond motifs is 5. The van der Waals surface area contributed by atoms with Gasteiger partial charge in [0.05, 0.1) is 12.8 Å². The number of aliphatic carboxylic acids is 1. The molecule has 28 heavy (non-hydrogen) atoms. The van der Waals surface area contributed by atoms with Crippen LogP contribution in [0.2, 0.25) is 0 Å². The Kier molecular flexibility index (Phi) is 5.13. The molecule has 0 aromatic rings. The third-order valence-electron chi connectivity index (χ3n) is 8.32. The number of ether oxygens (including phenoxy) is 1. The fourth-order valence-electron chi connectivity index (χ4n) is 7.34. The normalized spacial score (nSPS) is 42.1. The third kappa shape index (κ3) is 3.31. The van der Waals surface area contributed by atoms with E-state index >= 15 is 0 Å². The fourth-order valence-corrected chi connectivity index (χ4v) is 7.34. The molecule has 0 amide bonds. The summed E-state index contributed by atoms with van der Waals surface area (Å²) in [4.78, 5) is 34.8. The Morgan fingerprint density at radius 1 is 1.18 bits per heavy atom. The van der Waals surface area contributed by atoms with Gasteiger partial charge in [0.25, 0.3) is 0 Å². The maximum Gasteiger partial charge on any atom is 0.306 e. The summed E-state index contributed by atoms with van der Waals surface area (Å²) in [5.74, 6) is 1.93. The zero-order valence-corrected chi connectivity index (χ0v) is 17.0. The van der Waals surface area contributed by atoms with Crippen LogP contribution in [0.25, 0.3) is 0 Å². The summed E-state index contributed by atoms with van der Waals surface area (Å²) in [6.07, 6.45) is 8.55. The maximum absolute atomic E-state index is 12.2. The first-order valence-corrected chi connectivity index (χ1v) is 10.9. The predicted octanol–water partition coefficient (Wildman–Crippen LogP) is 4.15. The molecule has 0 aromatic carbocycles. The van der Waals surface area contributed by atoms with Crippen molar-refractivity contribution in [2.45, 2.75) is 77.7 Å². The fraction of sp³-hybridized carbons (Fsp3) is 0.783. The molecule has 0 saturated heterocycles. The van der Waals surface area contributed by atoms with Crippen molar-refractivity contribution in [2.24, 2.45) is 35.0 Å². The van der Waals surface area contributed by atoms with E-state index in [1.807, 2.05) is 6.08 Å². The second-order valence-corrected chi connectivity index (χ2v) is 9.85. The number of carbonyl (C=O) groups excluding carboxylic acids is 2. The number of rotatable bonds is 4. The summed E-state index contributed by atoms with van der Waals surface area (Å²) in [6.45, 7) is 4.64. The SMILES string of the molecule is C[C@H]1C[C@@]2(C)C(CC[C@@H]2OC(=O)CCC(=O)O)C2CCC3=CC(=O)CCC3C21. The Morgan fingerprint density at radius 3 is 2.71 bits per heavy atom. The van der Waals surface area contributed by atoms with Gasteiger partial charge in [-0.05, 0) is 74.2 Å². The van der Waals surface area contributed by atoms with Crippen LogP contribution in [0.15, 0.2) is 11.6 Å². The smallest absolute Gasteiger partial charge is 0.306 e. The van der Waals surface area contributed by atoms with E-state index in [2.05, 4.69) is 13.8 Å². The number of hydrogen-bond acceptors (Lipinski definition) is 4. The summed E-state index contributed by atoms with van der Waals surface area (Å²) in [7, 11) is 0. The number of esters is 1. The van der Waals surface area contributed by atoms with Gasteiger partial charge >= 0.3 is 11.9 Å². The Labute approximate surface area is 166 Å². The Hall–Kier alpha value is -1.65. The standard InChI is InChI=1S/C23H32O5/c1-13-12-23(2)18(7-8-19(23)28-21(27)10-9-20(25)26)17-5-3-14-11-15(24)4-6-16(14)22(13)17/h11,13,16-19,22H,3-10,12H2,1-2H3,(H,25,26)/t13-,16?,17?,18?,19-,22?,23-/m0/s1. The summed E-state index contributed by atoms with van der Waals surface area (Å²) in [5, 5.41) is 8.80. The third-order valence-corrected chi connectivity index (χ3v) is 8.32. The van der Waals surface area contributed by atoms with Crippen molar-refractivity contribution in [3.63, 3.8) is 0 Å². The van der Waals surface area contributed by atoms with Gasteiger partial charge in [-0.25, -0.2) is 0 Å². The lowest BCUT2D eigenvalue weighted by atomic mass is 9.49. The number of allylic oxidation sites excluding steroid dienone is 1. The molecule has 0 spiro atoms.